The van der Waals surface area contributed by atoms with Gasteiger partial charge in [-0.25, -0.2) is 0 Å². The third-order valence-electron chi connectivity index (χ3n) is 4.79. The maximum Gasteiger partial charge on any atom is 0.0533 e. The fraction of sp³-hybridized carbons (Fsp3) is 0.647. The molecule has 100 valence electrons. The van der Waals surface area contributed by atoms with E-state index in [0.29, 0.717) is 0 Å². The molecule has 1 aromatic rings. The summed E-state index contributed by atoms with van der Waals surface area (Å²) in [6, 6.07) is 6.76. The van der Waals surface area contributed by atoms with Crippen LogP contribution in [-0.4, -0.2) is 11.7 Å². The third-order valence-corrected chi connectivity index (χ3v) is 4.79. The molecule has 1 N–H and O–H groups in total. The van der Waals surface area contributed by atoms with Crippen LogP contribution >= 0.6 is 0 Å². The van der Waals surface area contributed by atoms with Crippen LogP contribution in [0.2, 0.25) is 0 Å². The first-order chi connectivity index (χ1) is 8.14. The lowest BCUT2D eigenvalue weighted by Crippen LogP contribution is -2.21. The SMILES string of the molecule is Cc1cc(C(C)(C)C)ccc1C1(CO)CC1(C)C. The molecule has 1 aliphatic rings. The van der Waals surface area contributed by atoms with Crippen molar-refractivity contribution in [1.82, 2.24) is 0 Å². The summed E-state index contributed by atoms with van der Waals surface area (Å²) in [6.07, 6.45) is 1.09. The number of aliphatic hydroxyl groups is 1. The lowest BCUT2D eigenvalue weighted by Gasteiger charge is -2.25. The van der Waals surface area contributed by atoms with Crippen molar-refractivity contribution in [2.75, 3.05) is 6.61 Å². The van der Waals surface area contributed by atoms with E-state index in [-0.39, 0.29) is 22.9 Å². The first kappa shape index (κ1) is 13.6. The molecule has 1 heteroatoms. The van der Waals surface area contributed by atoms with Crippen molar-refractivity contribution in [3.8, 4) is 0 Å². The van der Waals surface area contributed by atoms with E-state index >= 15 is 0 Å². The van der Waals surface area contributed by atoms with Gasteiger partial charge in [0.2, 0.25) is 0 Å². The zero-order chi connectivity index (χ0) is 13.8. The van der Waals surface area contributed by atoms with Gasteiger partial charge >= 0.3 is 0 Å². The molecule has 1 saturated carbocycles. The molecule has 1 unspecified atom stereocenters. The van der Waals surface area contributed by atoms with E-state index in [9.17, 15) is 5.11 Å². The van der Waals surface area contributed by atoms with Crippen LogP contribution in [-0.2, 0) is 10.8 Å². The maximum absolute atomic E-state index is 9.80. The molecule has 2 rings (SSSR count). The van der Waals surface area contributed by atoms with Crippen LogP contribution < -0.4 is 0 Å². The fourth-order valence-corrected chi connectivity index (χ4v) is 3.19. The third kappa shape index (κ3) is 1.89. The van der Waals surface area contributed by atoms with Gasteiger partial charge in [0.15, 0.2) is 0 Å². The minimum absolute atomic E-state index is 0.00645. The highest BCUT2D eigenvalue weighted by Crippen LogP contribution is 2.64. The largest absolute Gasteiger partial charge is 0.395 e. The van der Waals surface area contributed by atoms with E-state index in [1.807, 2.05) is 0 Å². The molecular weight excluding hydrogens is 220 g/mol. The van der Waals surface area contributed by atoms with Crippen molar-refractivity contribution in [1.29, 1.82) is 0 Å². The van der Waals surface area contributed by atoms with E-state index in [0.717, 1.165) is 6.42 Å². The summed E-state index contributed by atoms with van der Waals surface area (Å²) in [5.41, 5.74) is 4.44. The van der Waals surface area contributed by atoms with Gasteiger partial charge in [-0.3, -0.25) is 0 Å². The van der Waals surface area contributed by atoms with Gasteiger partial charge in [0.1, 0.15) is 0 Å². The van der Waals surface area contributed by atoms with Crippen LogP contribution in [0.5, 0.6) is 0 Å². The zero-order valence-electron chi connectivity index (χ0n) is 12.6. The van der Waals surface area contributed by atoms with Gasteiger partial charge in [-0.1, -0.05) is 52.8 Å². The second-order valence-electron chi connectivity index (χ2n) is 7.58. The molecular formula is C17H26O. The topological polar surface area (TPSA) is 20.2 Å². The molecule has 0 aliphatic heterocycles. The normalized spacial score (nSPS) is 26.2. The van der Waals surface area contributed by atoms with Gasteiger partial charge in [-0.15, -0.1) is 0 Å². The molecule has 0 radical (unpaired) electrons. The summed E-state index contributed by atoms with van der Waals surface area (Å²) in [7, 11) is 0. The van der Waals surface area contributed by atoms with Crippen molar-refractivity contribution in [2.45, 2.75) is 58.8 Å². The molecule has 1 fully saturated rings. The number of benzene rings is 1. The Morgan fingerprint density at radius 3 is 2.11 bits per heavy atom. The summed E-state index contributed by atoms with van der Waals surface area (Å²) < 4.78 is 0. The van der Waals surface area contributed by atoms with Gasteiger partial charge in [-0.05, 0) is 40.9 Å². The minimum Gasteiger partial charge on any atom is -0.395 e. The summed E-state index contributed by atoms with van der Waals surface area (Å²) in [6.45, 7) is 13.7. The Bertz CT molecular complexity index is 465. The lowest BCUT2D eigenvalue weighted by atomic mass is 9.81. The van der Waals surface area contributed by atoms with E-state index in [1.165, 1.54) is 16.7 Å². The van der Waals surface area contributed by atoms with E-state index in [4.69, 9.17) is 0 Å². The van der Waals surface area contributed by atoms with E-state index in [1.54, 1.807) is 0 Å². The van der Waals surface area contributed by atoms with Crippen LogP contribution in [0.25, 0.3) is 0 Å². The van der Waals surface area contributed by atoms with Crippen molar-refractivity contribution in [3.05, 3.63) is 34.9 Å². The molecule has 1 atom stereocenters. The molecule has 18 heavy (non-hydrogen) atoms. The Labute approximate surface area is 111 Å². The highest BCUT2D eigenvalue weighted by molar-refractivity contribution is 5.45. The number of rotatable bonds is 2. The highest BCUT2D eigenvalue weighted by atomic mass is 16.3. The summed E-state index contributed by atoms with van der Waals surface area (Å²) in [4.78, 5) is 0. The number of hydrogen-bond donors (Lipinski definition) is 1. The Kier molecular flexibility index (Phi) is 2.90. The molecule has 1 aromatic carbocycles. The predicted octanol–water partition coefficient (Wildman–Crippen LogP) is 3.95. The first-order valence-corrected chi connectivity index (χ1v) is 6.86. The molecule has 0 bridgehead atoms. The Hall–Kier alpha value is -0.820. The van der Waals surface area contributed by atoms with E-state index < -0.39 is 0 Å². The van der Waals surface area contributed by atoms with Crippen LogP contribution in [0.1, 0.15) is 57.7 Å². The van der Waals surface area contributed by atoms with Crippen LogP contribution in [0.15, 0.2) is 18.2 Å². The second kappa shape index (κ2) is 3.84. The Morgan fingerprint density at radius 1 is 1.22 bits per heavy atom. The smallest absolute Gasteiger partial charge is 0.0533 e. The average Bonchev–Trinajstić information content (AvgIpc) is 2.80. The van der Waals surface area contributed by atoms with Crippen molar-refractivity contribution in [2.24, 2.45) is 5.41 Å². The quantitative estimate of drug-likeness (QED) is 0.837. The lowest BCUT2D eigenvalue weighted by molar-refractivity contribution is 0.231. The standard InChI is InChI=1S/C17H26O/c1-12-9-13(15(2,3)4)7-8-14(12)17(11-18)10-16(17,5)6/h7-9,18H,10-11H2,1-6H3. The molecule has 0 heterocycles. The predicted molar refractivity (Wildman–Crippen MR) is 77.0 cm³/mol. The number of hydrogen-bond acceptors (Lipinski definition) is 1. The Balaban J connectivity index is 2.44. The van der Waals surface area contributed by atoms with Gasteiger partial charge < -0.3 is 5.11 Å². The summed E-state index contributed by atoms with van der Waals surface area (Å²) in [5, 5.41) is 9.80. The molecule has 0 saturated heterocycles. The number of aliphatic hydroxyl groups excluding tert-OH is 1. The van der Waals surface area contributed by atoms with Crippen molar-refractivity contribution < 1.29 is 5.11 Å². The van der Waals surface area contributed by atoms with Gasteiger partial charge in [0.25, 0.3) is 0 Å². The van der Waals surface area contributed by atoms with Crippen LogP contribution in [0.4, 0.5) is 0 Å². The van der Waals surface area contributed by atoms with Gasteiger partial charge in [-0.2, -0.15) is 0 Å². The number of aryl methyl sites for hydroxylation is 1. The second-order valence-corrected chi connectivity index (χ2v) is 7.58. The molecule has 0 amide bonds. The average molecular weight is 246 g/mol. The Morgan fingerprint density at radius 2 is 1.78 bits per heavy atom. The maximum atomic E-state index is 9.80. The first-order valence-electron chi connectivity index (χ1n) is 6.86. The highest BCUT2D eigenvalue weighted by Gasteiger charge is 2.61. The summed E-state index contributed by atoms with van der Waals surface area (Å²) >= 11 is 0. The zero-order valence-corrected chi connectivity index (χ0v) is 12.6. The molecule has 0 spiro atoms. The summed E-state index contributed by atoms with van der Waals surface area (Å²) in [5.74, 6) is 0. The van der Waals surface area contributed by atoms with Crippen molar-refractivity contribution in [3.63, 3.8) is 0 Å². The fourth-order valence-electron chi connectivity index (χ4n) is 3.19. The van der Waals surface area contributed by atoms with Gasteiger partial charge in [0.05, 0.1) is 6.61 Å². The monoisotopic (exact) mass is 246 g/mol. The van der Waals surface area contributed by atoms with Crippen LogP contribution in [0.3, 0.4) is 0 Å². The molecule has 1 aliphatic carbocycles. The molecule has 0 aromatic heterocycles. The van der Waals surface area contributed by atoms with Gasteiger partial charge in [0, 0.05) is 5.41 Å². The van der Waals surface area contributed by atoms with Crippen LogP contribution in [0, 0.1) is 12.3 Å². The molecule has 1 nitrogen and oxygen atoms in total. The van der Waals surface area contributed by atoms with E-state index in [2.05, 4.69) is 59.7 Å². The minimum atomic E-state index is -0.00645. The van der Waals surface area contributed by atoms with Crippen molar-refractivity contribution >= 4 is 0 Å².